The Morgan fingerprint density at radius 1 is 0.765 bits per heavy atom. The van der Waals surface area contributed by atoms with E-state index in [1.165, 1.54) is 12.1 Å². The van der Waals surface area contributed by atoms with Gasteiger partial charge in [0, 0.05) is 0 Å². The van der Waals surface area contributed by atoms with E-state index in [-0.39, 0.29) is 33.0 Å². The fraction of sp³-hybridized carbons (Fsp3) is 0. The number of benzene rings is 2. The van der Waals surface area contributed by atoms with E-state index in [9.17, 15) is 10.2 Å². The van der Waals surface area contributed by atoms with Crippen molar-refractivity contribution in [1.29, 1.82) is 0 Å². The Kier molecular flexibility index (Phi) is 3.31. The van der Waals surface area contributed by atoms with Gasteiger partial charge in [-0.3, -0.25) is 0 Å². The summed E-state index contributed by atoms with van der Waals surface area (Å²) in [6.45, 7) is 0. The Morgan fingerprint density at radius 2 is 1.18 bits per heavy atom. The van der Waals surface area contributed by atoms with E-state index in [1.807, 2.05) is 0 Å². The normalized spacial score (nSPS) is 10.2. The van der Waals surface area contributed by atoms with Crippen LogP contribution in [-0.4, -0.2) is 10.2 Å². The minimum Gasteiger partial charge on any atom is -0.506 e. The first kappa shape index (κ1) is 11.9. The highest BCUT2D eigenvalue weighted by Gasteiger charge is 2.11. The second kappa shape index (κ2) is 4.73. The Balaban J connectivity index is 2.38. The number of aromatic hydroxyl groups is 2. The summed E-state index contributed by atoms with van der Waals surface area (Å²) in [5.74, 6) is 0.360. The molecule has 2 aromatic carbocycles. The van der Waals surface area contributed by atoms with Crippen molar-refractivity contribution in [1.82, 2.24) is 0 Å². The van der Waals surface area contributed by atoms with Crippen LogP contribution in [0.5, 0.6) is 23.0 Å². The number of hydrogen-bond donors (Lipinski definition) is 2. The lowest BCUT2D eigenvalue weighted by Crippen LogP contribution is -1.86. The molecule has 0 aliphatic rings. The van der Waals surface area contributed by atoms with Crippen molar-refractivity contribution in [3.63, 3.8) is 0 Å². The van der Waals surface area contributed by atoms with Crippen LogP contribution in [0.1, 0.15) is 0 Å². The molecule has 0 saturated heterocycles. The standard InChI is InChI=1S/C12H8Cl2O3/c13-11-7(15)3-1-5-9(11)17-10-6-2-4-8(16)12(10)14/h1-6,15-16H. The van der Waals surface area contributed by atoms with Crippen molar-refractivity contribution < 1.29 is 14.9 Å². The van der Waals surface area contributed by atoms with Crippen molar-refractivity contribution in [3.05, 3.63) is 46.4 Å². The van der Waals surface area contributed by atoms with Crippen LogP contribution in [0.3, 0.4) is 0 Å². The number of rotatable bonds is 2. The van der Waals surface area contributed by atoms with Gasteiger partial charge in [0.1, 0.15) is 33.0 Å². The van der Waals surface area contributed by atoms with Gasteiger partial charge in [-0.25, -0.2) is 0 Å². The van der Waals surface area contributed by atoms with Crippen LogP contribution < -0.4 is 4.74 Å². The molecule has 0 fully saturated rings. The molecule has 17 heavy (non-hydrogen) atoms. The Morgan fingerprint density at radius 3 is 1.59 bits per heavy atom. The Hall–Kier alpha value is -1.58. The monoisotopic (exact) mass is 270 g/mol. The zero-order valence-corrected chi connectivity index (χ0v) is 10.0. The van der Waals surface area contributed by atoms with Gasteiger partial charge in [0.15, 0.2) is 0 Å². The van der Waals surface area contributed by atoms with Crippen LogP contribution in [-0.2, 0) is 0 Å². The van der Waals surface area contributed by atoms with E-state index in [1.54, 1.807) is 24.3 Å². The van der Waals surface area contributed by atoms with Crippen LogP contribution >= 0.6 is 23.2 Å². The molecule has 0 heterocycles. The van der Waals surface area contributed by atoms with Crippen molar-refractivity contribution in [2.75, 3.05) is 0 Å². The second-order valence-electron chi connectivity index (χ2n) is 3.28. The zero-order chi connectivity index (χ0) is 12.4. The number of hydrogen-bond acceptors (Lipinski definition) is 3. The van der Waals surface area contributed by atoms with Crippen molar-refractivity contribution in [2.24, 2.45) is 0 Å². The van der Waals surface area contributed by atoms with Crippen LogP contribution in [0.15, 0.2) is 36.4 Å². The molecule has 2 rings (SSSR count). The van der Waals surface area contributed by atoms with E-state index in [4.69, 9.17) is 27.9 Å². The van der Waals surface area contributed by atoms with E-state index < -0.39 is 0 Å². The van der Waals surface area contributed by atoms with Gasteiger partial charge in [-0.1, -0.05) is 35.3 Å². The number of ether oxygens (including phenoxy) is 1. The van der Waals surface area contributed by atoms with Gasteiger partial charge in [0.2, 0.25) is 0 Å². The number of phenolic OH excluding ortho intramolecular Hbond substituents is 2. The molecule has 0 aromatic heterocycles. The smallest absolute Gasteiger partial charge is 0.149 e. The summed E-state index contributed by atoms with van der Waals surface area (Å²) in [6, 6.07) is 9.24. The molecule has 0 bridgehead atoms. The van der Waals surface area contributed by atoms with Gasteiger partial charge in [-0.15, -0.1) is 0 Å². The quantitative estimate of drug-likeness (QED) is 0.860. The molecular formula is C12H8Cl2O3. The predicted molar refractivity (Wildman–Crippen MR) is 66.3 cm³/mol. The lowest BCUT2D eigenvalue weighted by molar-refractivity contribution is 0.447. The molecule has 2 aromatic rings. The highest BCUT2D eigenvalue weighted by atomic mass is 35.5. The summed E-state index contributed by atoms with van der Waals surface area (Å²) in [5, 5.41) is 19.0. The summed E-state index contributed by atoms with van der Waals surface area (Å²) in [5.41, 5.74) is 0. The SMILES string of the molecule is Oc1cccc(Oc2cccc(O)c2Cl)c1Cl. The summed E-state index contributed by atoms with van der Waals surface area (Å²) < 4.78 is 5.42. The molecule has 0 aliphatic carbocycles. The fourth-order valence-electron chi connectivity index (χ4n) is 1.27. The van der Waals surface area contributed by atoms with Gasteiger partial charge >= 0.3 is 0 Å². The molecule has 5 heteroatoms. The average Bonchev–Trinajstić information content (AvgIpc) is 2.31. The topological polar surface area (TPSA) is 49.7 Å². The summed E-state index contributed by atoms with van der Waals surface area (Å²) in [6.07, 6.45) is 0. The van der Waals surface area contributed by atoms with E-state index in [0.717, 1.165) is 0 Å². The molecular weight excluding hydrogens is 263 g/mol. The first-order valence-electron chi connectivity index (χ1n) is 4.72. The average molecular weight is 271 g/mol. The van der Waals surface area contributed by atoms with Crippen LogP contribution in [0.25, 0.3) is 0 Å². The fourth-order valence-corrected chi connectivity index (χ4v) is 1.60. The van der Waals surface area contributed by atoms with Gasteiger partial charge in [-0.2, -0.15) is 0 Å². The zero-order valence-electron chi connectivity index (χ0n) is 8.52. The molecule has 3 nitrogen and oxygen atoms in total. The summed E-state index contributed by atoms with van der Waals surface area (Å²) >= 11 is 11.7. The molecule has 88 valence electrons. The highest BCUT2D eigenvalue weighted by Crippen LogP contribution is 2.40. The molecule has 2 N–H and O–H groups in total. The van der Waals surface area contributed by atoms with Gasteiger partial charge in [-0.05, 0) is 24.3 Å². The number of phenols is 2. The summed E-state index contributed by atoms with van der Waals surface area (Å²) in [4.78, 5) is 0. The van der Waals surface area contributed by atoms with Crippen LogP contribution in [0, 0.1) is 0 Å². The molecule has 0 radical (unpaired) electrons. The molecule has 0 saturated carbocycles. The minimum absolute atomic E-state index is 0.0829. The largest absolute Gasteiger partial charge is 0.506 e. The summed E-state index contributed by atoms with van der Waals surface area (Å²) in [7, 11) is 0. The van der Waals surface area contributed by atoms with Crippen molar-refractivity contribution >= 4 is 23.2 Å². The Bertz CT molecular complexity index is 506. The Labute approximate surface area is 108 Å². The first-order chi connectivity index (χ1) is 8.09. The van der Waals surface area contributed by atoms with Crippen molar-refractivity contribution in [2.45, 2.75) is 0 Å². The third kappa shape index (κ3) is 2.40. The highest BCUT2D eigenvalue weighted by molar-refractivity contribution is 6.34. The lowest BCUT2D eigenvalue weighted by atomic mass is 10.3. The second-order valence-corrected chi connectivity index (χ2v) is 4.04. The van der Waals surface area contributed by atoms with Crippen molar-refractivity contribution in [3.8, 4) is 23.0 Å². The number of halogens is 2. The molecule has 0 spiro atoms. The third-order valence-corrected chi connectivity index (χ3v) is 2.87. The maximum atomic E-state index is 9.41. The van der Waals surface area contributed by atoms with Gasteiger partial charge in [0.25, 0.3) is 0 Å². The third-order valence-electron chi connectivity index (χ3n) is 2.11. The predicted octanol–water partition coefficient (Wildman–Crippen LogP) is 4.20. The van der Waals surface area contributed by atoms with E-state index in [0.29, 0.717) is 0 Å². The molecule has 0 aliphatic heterocycles. The maximum Gasteiger partial charge on any atom is 0.149 e. The van der Waals surface area contributed by atoms with E-state index >= 15 is 0 Å². The van der Waals surface area contributed by atoms with E-state index in [2.05, 4.69) is 0 Å². The molecule has 0 unspecified atom stereocenters. The lowest BCUT2D eigenvalue weighted by Gasteiger charge is -2.10. The first-order valence-corrected chi connectivity index (χ1v) is 5.48. The maximum absolute atomic E-state index is 9.41. The van der Waals surface area contributed by atoms with Crippen LogP contribution in [0.4, 0.5) is 0 Å². The van der Waals surface area contributed by atoms with Gasteiger partial charge < -0.3 is 14.9 Å². The molecule has 0 amide bonds. The van der Waals surface area contributed by atoms with Gasteiger partial charge in [0.05, 0.1) is 0 Å². The van der Waals surface area contributed by atoms with Crippen LogP contribution in [0.2, 0.25) is 10.0 Å². The minimum atomic E-state index is -0.0829. The molecule has 0 atom stereocenters.